The number of aromatic carboxylic acids is 1. The van der Waals surface area contributed by atoms with E-state index in [-0.39, 0.29) is 41.6 Å². The first-order valence-electron chi connectivity index (χ1n) is 14.3. The van der Waals surface area contributed by atoms with Crippen LogP contribution in [0.5, 0.6) is 17.2 Å². The Morgan fingerprint density at radius 1 is 0.841 bits per heavy atom. The van der Waals surface area contributed by atoms with Crippen molar-refractivity contribution in [1.29, 1.82) is 0 Å². The van der Waals surface area contributed by atoms with Crippen LogP contribution in [0.15, 0.2) is 96.2 Å². The molecule has 1 aliphatic carbocycles. The van der Waals surface area contributed by atoms with Gasteiger partial charge in [0.2, 0.25) is 5.91 Å². The molecule has 0 atom stereocenters. The molecule has 4 aromatic rings. The molecular weight excluding hydrogens is 578 g/mol. The topological polar surface area (TPSA) is 127 Å². The van der Waals surface area contributed by atoms with Gasteiger partial charge in [0.1, 0.15) is 22.3 Å². The lowest BCUT2D eigenvalue weighted by Gasteiger charge is -2.29. The van der Waals surface area contributed by atoms with Gasteiger partial charge in [0.05, 0.1) is 29.3 Å². The molecule has 1 aromatic heterocycles. The van der Waals surface area contributed by atoms with Gasteiger partial charge in [0, 0.05) is 12.2 Å². The molecule has 0 unspecified atom stereocenters. The number of carbonyl (C=O) groups is 3. The predicted molar refractivity (Wildman–Crippen MR) is 169 cm³/mol. The number of carboxylic acids is 1. The molecule has 3 aromatic carbocycles. The van der Waals surface area contributed by atoms with Crippen molar-refractivity contribution in [3.8, 4) is 17.2 Å². The molecule has 0 aliphatic heterocycles. The molecule has 0 radical (unpaired) electrons. The number of carboxylic acid groups (broad SMARTS) is 1. The number of anilines is 1. The fourth-order valence-electron chi connectivity index (χ4n) is 5.06. The van der Waals surface area contributed by atoms with Gasteiger partial charge in [-0.15, -0.1) is 11.8 Å². The first kappa shape index (κ1) is 30.6. The number of nitrogens with one attached hydrogen (secondary N) is 2. The van der Waals surface area contributed by atoms with Crippen molar-refractivity contribution in [2.24, 2.45) is 0 Å². The largest absolute Gasteiger partial charge is 0.490 e. The molecule has 1 fully saturated rings. The number of amides is 2. The highest BCUT2D eigenvalue weighted by Gasteiger charge is 2.25. The summed E-state index contributed by atoms with van der Waals surface area (Å²) in [7, 11) is 0. The van der Waals surface area contributed by atoms with Gasteiger partial charge in [-0.05, 0) is 98.2 Å². The van der Waals surface area contributed by atoms with Crippen LogP contribution in [0.2, 0.25) is 0 Å². The molecule has 1 heterocycles. The Balaban J connectivity index is 1.06. The van der Waals surface area contributed by atoms with Crippen molar-refractivity contribution >= 4 is 35.2 Å². The number of benzene rings is 3. The van der Waals surface area contributed by atoms with Gasteiger partial charge in [-0.1, -0.05) is 24.3 Å². The normalized spacial score (nSPS) is 16.0. The zero-order valence-electron chi connectivity index (χ0n) is 24.2. The maximum absolute atomic E-state index is 12.7. The van der Waals surface area contributed by atoms with Crippen LogP contribution in [0, 0.1) is 0 Å². The Hall–Kier alpha value is -4.83. The maximum Gasteiger partial charge on any atom is 0.337 e. The summed E-state index contributed by atoms with van der Waals surface area (Å²) >= 11 is 1.46. The Bertz CT molecular complexity index is 1600. The summed E-state index contributed by atoms with van der Waals surface area (Å²) in [6, 6.07) is 24.6. The van der Waals surface area contributed by atoms with Crippen molar-refractivity contribution in [3.63, 3.8) is 0 Å². The molecule has 0 saturated heterocycles. The Morgan fingerprint density at radius 3 is 2.16 bits per heavy atom. The van der Waals surface area contributed by atoms with E-state index in [1.807, 2.05) is 30.5 Å². The highest BCUT2D eigenvalue weighted by molar-refractivity contribution is 7.98. The summed E-state index contributed by atoms with van der Waals surface area (Å²) in [5.41, 5.74) is 1.68. The second kappa shape index (κ2) is 14.6. The SMILES string of the molecule is CSc1ncccc1C(=O)NC1CCC(Oc2ccc(Oc3ccc(CC(=O)Nc4ccccc4C(=O)O)cc3)cc2)CC1. The van der Waals surface area contributed by atoms with E-state index >= 15 is 0 Å². The number of ether oxygens (including phenoxy) is 2. The third-order valence-corrected chi connectivity index (χ3v) is 8.01. The van der Waals surface area contributed by atoms with E-state index in [2.05, 4.69) is 15.6 Å². The summed E-state index contributed by atoms with van der Waals surface area (Å²) in [6.45, 7) is 0. The molecular formula is C34H33N3O6S. The second-order valence-electron chi connectivity index (χ2n) is 10.4. The van der Waals surface area contributed by atoms with Crippen LogP contribution >= 0.6 is 11.8 Å². The van der Waals surface area contributed by atoms with Gasteiger partial charge in [-0.2, -0.15) is 0 Å². The van der Waals surface area contributed by atoms with Crippen LogP contribution < -0.4 is 20.1 Å². The van der Waals surface area contributed by atoms with E-state index in [1.165, 1.54) is 17.8 Å². The highest BCUT2D eigenvalue weighted by Crippen LogP contribution is 2.28. The van der Waals surface area contributed by atoms with Crippen LogP contribution in [-0.2, 0) is 11.2 Å². The summed E-state index contributed by atoms with van der Waals surface area (Å²) in [5, 5.41) is 15.8. The maximum atomic E-state index is 12.7. The van der Waals surface area contributed by atoms with Crippen LogP contribution in [0.3, 0.4) is 0 Å². The smallest absolute Gasteiger partial charge is 0.337 e. The Kier molecular flexibility index (Phi) is 10.1. The number of nitrogens with zero attached hydrogens (tertiary/aromatic N) is 1. The van der Waals surface area contributed by atoms with Gasteiger partial charge in [-0.25, -0.2) is 9.78 Å². The van der Waals surface area contributed by atoms with Gasteiger partial charge in [0.15, 0.2) is 0 Å². The Morgan fingerprint density at radius 2 is 1.48 bits per heavy atom. The zero-order chi connectivity index (χ0) is 30.9. The third kappa shape index (κ3) is 8.17. The zero-order valence-corrected chi connectivity index (χ0v) is 25.0. The van der Waals surface area contributed by atoms with Crippen LogP contribution in [-0.4, -0.2) is 46.3 Å². The van der Waals surface area contributed by atoms with E-state index in [0.717, 1.165) is 42.0 Å². The van der Waals surface area contributed by atoms with Gasteiger partial charge in [0.25, 0.3) is 5.91 Å². The van der Waals surface area contributed by atoms with E-state index in [9.17, 15) is 19.5 Å². The Labute approximate surface area is 260 Å². The van der Waals surface area contributed by atoms with Gasteiger partial charge in [-0.3, -0.25) is 9.59 Å². The summed E-state index contributed by atoms with van der Waals surface area (Å²) in [4.78, 5) is 40.9. The van der Waals surface area contributed by atoms with E-state index < -0.39 is 5.97 Å². The predicted octanol–water partition coefficient (Wildman–Crippen LogP) is 6.60. The fraction of sp³-hybridized carbons (Fsp3) is 0.235. The minimum atomic E-state index is -1.10. The van der Waals surface area contributed by atoms with Crippen molar-refractivity contribution in [2.45, 2.75) is 49.3 Å². The van der Waals surface area contributed by atoms with Crippen molar-refractivity contribution in [1.82, 2.24) is 10.3 Å². The molecule has 0 bridgehead atoms. The molecule has 0 spiro atoms. The van der Waals surface area contributed by atoms with E-state index in [1.54, 1.807) is 60.8 Å². The van der Waals surface area contributed by atoms with Crippen LogP contribution in [0.4, 0.5) is 5.69 Å². The number of hydrogen-bond donors (Lipinski definition) is 3. The van der Waals surface area contributed by atoms with Crippen molar-refractivity contribution in [3.05, 3.63) is 108 Å². The molecule has 1 aliphatic rings. The van der Waals surface area contributed by atoms with Crippen molar-refractivity contribution in [2.75, 3.05) is 11.6 Å². The second-order valence-corrected chi connectivity index (χ2v) is 11.2. The number of pyridine rings is 1. The third-order valence-electron chi connectivity index (χ3n) is 7.30. The minimum Gasteiger partial charge on any atom is -0.490 e. The molecule has 3 N–H and O–H groups in total. The first-order chi connectivity index (χ1) is 21.4. The molecule has 44 heavy (non-hydrogen) atoms. The molecule has 9 nitrogen and oxygen atoms in total. The quantitative estimate of drug-likeness (QED) is 0.162. The van der Waals surface area contributed by atoms with Crippen LogP contribution in [0.25, 0.3) is 0 Å². The van der Waals surface area contributed by atoms with Gasteiger partial charge < -0.3 is 25.2 Å². The number of carbonyl (C=O) groups excluding carboxylic acids is 2. The van der Waals surface area contributed by atoms with Crippen LogP contribution in [0.1, 0.15) is 52.0 Å². The lowest BCUT2D eigenvalue weighted by molar-refractivity contribution is -0.115. The molecule has 2 amide bonds. The average Bonchev–Trinajstić information content (AvgIpc) is 3.04. The summed E-state index contributed by atoms with van der Waals surface area (Å²) < 4.78 is 12.2. The minimum absolute atomic E-state index is 0.0424. The molecule has 226 valence electrons. The number of aromatic nitrogens is 1. The number of thioether (sulfide) groups is 1. The monoisotopic (exact) mass is 611 g/mol. The molecule has 10 heteroatoms. The van der Waals surface area contributed by atoms with E-state index in [0.29, 0.717) is 17.1 Å². The number of para-hydroxylation sites is 1. The molecule has 1 saturated carbocycles. The standard InChI is InChI=1S/C34H33N3O6S/c1-44-33-29(6-4-20-35-33)32(39)36-23-10-14-25(15-11-23)43-27-18-16-26(17-19-27)42-24-12-8-22(9-13-24)21-31(38)37-30-7-3-2-5-28(30)34(40)41/h2-9,12-13,16-20,23,25H,10-11,14-15,21H2,1H3,(H,36,39)(H,37,38)(H,40,41). The number of hydrogen-bond acceptors (Lipinski definition) is 7. The summed E-state index contributed by atoms with van der Waals surface area (Å²) in [5.74, 6) is 0.543. The van der Waals surface area contributed by atoms with E-state index in [4.69, 9.17) is 9.47 Å². The first-order valence-corrected chi connectivity index (χ1v) is 15.6. The highest BCUT2D eigenvalue weighted by atomic mass is 32.2. The van der Waals surface area contributed by atoms with Gasteiger partial charge >= 0.3 is 5.97 Å². The lowest BCUT2D eigenvalue weighted by Crippen LogP contribution is -2.39. The summed E-state index contributed by atoms with van der Waals surface area (Å²) in [6.07, 6.45) is 7.18. The fourth-order valence-corrected chi connectivity index (χ4v) is 5.61. The van der Waals surface area contributed by atoms with Crippen molar-refractivity contribution < 1.29 is 29.0 Å². The molecule has 5 rings (SSSR count). The lowest BCUT2D eigenvalue weighted by atomic mass is 9.92. The number of rotatable bonds is 11. The average molecular weight is 612 g/mol.